The van der Waals surface area contributed by atoms with Crippen molar-refractivity contribution in [3.63, 3.8) is 0 Å². The lowest BCUT2D eigenvalue weighted by molar-refractivity contribution is 0.301. The Morgan fingerprint density at radius 3 is 2.48 bits per heavy atom. The van der Waals surface area contributed by atoms with Crippen LogP contribution >= 0.6 is 0 Å². The first-order valence-corrected chi connectivity index (χ1v) is 9.00. The Balaban J connectivity index is 0.000000383. The monoisotopic (exact) mass is 314 g/mol. The highest BCUT2D eigenvalue weighted by molar-refractivity contribution is 7.85. The summed E-state index contributed by atoms with van der Waals surface area (Å²) < 4.78 is 25.9. The molecule has 1 fully saturated rings. The van der Waals surface area contributed by atoms with Crippen LogP contribution in [0.1, 0.15) is 18.9 Å². The van der Waals surface area contributed by atoms with Gasteiger partial charge in [-0.1, -0.05) is 30.3 Å². The van der Waals surface area contributed by atoms with Crippen molar-refractivity contribution in [1.82, 2.24) is 10.2 Å². The van der Waals surface area contributed by atoms with Gasteiger partial charge in [-0.05, 0) is 38.4 Å². The first-order valence-electron chi connectivity index (χ1n) is 7.15. The van der Waals surface area contributed by atoms with Crippen molar-refractivity contribution in [2.45, 2.75) is 25.9 Å². The second kappa shape index (κ2) is 8.48. The van der Waals surface area contributed by atoms with Crippen LogP contribution in [0.3, 0.4) is 0 Å². The first-order chi connectivity index (χ1) is 9.79. The third-order valence-corrected chi connectivity index (χ3v) is 3.72. The first kappa shape index (κ1) is 18.1. The maximum Gasteiger partial charge on any atom is 0.261 e. The largest absolute Gasteiger partial charge is 0.317 e. The molecular formula is C15H26N2O3S. The van der Waals surface area contributed by atoms with Crippen LogP contribution in [0.25, 0.3) is 0 Å². The van der Waals surface area contributed by atoms with E-state index in [0.29, 0.717) is 12.3 Å². The lowest BCUT2D eigenvalue weighted by Gasteiger charge is -2.20. The quantitative estimate of drug-likeness (QED) is 0.827. The Kier molecular flexibility index (Phi) is 7.31. The second-order valence-corrected chi connectivity index (χ2v) is 7.05. The Morgan fingerprint density at radius 1 is 1.38 bits per heavy atom. The molecule has 0 spiro atoms. The molecule has 0 saturated carbocycles. The molecule has 1 heterocycles. The smallest absolute Gasteiger partial charge is 0.261 e. The number of nitrogens with one attached hydrogen (secondary N) is 1. The van der Waals surface area contributed by atoms with Crippen LogP contribution in [0, 0.1) is 5.92 Å². The Hall–Kier alpha value is -0.950. The van der Waals surface area contributed by atoms with E-state index >= 15 is 0 Å². The molecule has 120 valence electrons. The minimum Gasteiger partial charge on any atom is -0.317 e. The summed E-state index contributed by atoms with van der Waals surface area (Å²) in [5.41, 5.74) is 1.43. The molecule has 5 nitrogen and oxygen atoms in total. The summed E-state index contributed by atoms with van der Waals surface area (Å²) in [4.78, 5) is 2.56. The van der Waals surface area contributed by atoms with Crippen molar-refractivity contribution in [3.8, 4) is 0 Å². The van der Waals surface area contributed by atoms with E-state index in [-0.39, 0.29) is 0 Å². The van der Waals surface area contributed by atoms with Crippen LogP contribution in [0.2, 0.25) is 0 Å². The summed E-state index contributed by atoms with van der Waals surface area (Å²) in [5, 5.41) is 3.36. The number of rotatable bonds is 4. The summed E-state index contributed by atoms with van der Waals surface area (Å²) in [6.45, 7) is 5.87. The Morgan fingerprint density at radius 2 is 1.95 bits per heavy atom. The van der Waals surface area contributed by atoms with Gasteiger partial charge in [0.25, 0.3) is 10.1 Å². The normalized spacial score (nSPS) is 20.7. The summed E-state index contributed by atoms with van der Waals surface area (Å²) in [6, 6.07) is 11.4. The van der Waals surface area contributed by atoms with Gasteiger partial charge in [0.05, 0.1) is 6.26 Å². The van der Waals surface area contributed by atoms with Crippen LogP contribution in [0.15, 0.2) is 30.3 Å². The van der Waals surface area contributed by atoms with Gasteiger partial charge < -0.3 is 5.32 Å². The van der Waals surface area contributed by atoms with Crippen molar-refractivity contribution in [3.05, 3.63) is 35.9 Å². The van der Waals surface area contributed by atoms with Crippen molar-refractivity contribution >= 4 is 10.1 Å². The highest BCUT2D eigenvalue weighted by atomic mass is 32.2. The van der Waals surface area contributed by atoms with Crippen LogP contribution in [-0.4, -0.2) is 50.3 Å². The lowest BCUT2D eigenvalue weighted by Crippen LogP contribution is -2.32. The second-order valence-electron chi connectivity index (χ2n) is 5.58. The van der Waals surface area contributed by atoms with Crippen LogP contribution in [0.5, 0.6) is 0 Å². The van der Waals surface area contributed by atoms with Gasteiger partial charge >= 0.3 is 0 Å². The highest BCUT2D eigenvalue weighted by Crippen LogP contribution is 2.21. The van der Waals surface area contributed by atoms with Gasteiger partial charge in [-0.3, -0.25) is 9.45 Å². The number of nitrogens with zero attached hydrogens (tertiary/aromatic N) is 1. The average Bonchev–Trinajstić information content (AvgIpc) is 2.85. The molecule has 1 saturated heterocycles. The lowest BCUT2D eigenvalue weighted by atomic mass is 10.0. The fraction of sp³-hybridized carbons (Fsp3) is 0.600. The van der Waals surface area contributed by atoms with Gasteiger partial charge in [0.15, 0.2) is 0 Å². The molecule has 0 aliphatic carbocycles. The number of benzene rings is 1. The molecule has 0 aromatic heterocycles. The molecule has 2 atom stereocenters. The van der Waals surface area contributed by atoms with E-state index < -0.39 is 10.1 Å². The molecule has 0 amide bonds. The van der Waals surface area contributed by atoms with Crippen molar-refractivity contribution in [2.24, 2.45) is 5.92 Å². The van der Waals surface area contributed by atoms with E-state index in [1.54, 1.807) is 0 Å². The molecule has 6 heteroatoms. The van der Waals surface area contributed by atoms with E-state index in [1.807, 2.05) is 0 Å². The van der Waals surface area contributed by atoms with Gasteiger partial charge in [-0.25, -0.2) is 0 Å². The van der Waals surface area contributed by atoms with E-state index in [1.165, 1.54) is 25.1 Å². The van der Waals surface area contributed by atoms with E-state index in [4.69, 9.17) is 4.55 Å². The van der Waals surface area contributed by atoms with Crippen LogP contribution in [-0.2, 0) is 16.7 Å². The van der Waals surface area contributed by atoms with Gasteiger partial charge in [-0.2, -0.15) is 8.42 Å². The van der Waals surface area contributed by atoms with Gasteiger partial charge in [0.1, 0.15) is 0 Å². The van der Waals surface area contributed by atoms with Crippen molar-refractivity contribution < 1.29 is 13.0 Å². The van der Waals surface area contributed by atoms with Crippen LogP contribution in [0.4, 0.5) is 0 Å². The maximum absolute atomic E-state index is 9.19. The fourth-order valence-corrected chi connectivity index (χ4v) is 2.49. The molecule has 21 heavy (non-hydrogen) atoms. The molecule has 2 rings (SSSR count). The zero-order valence-electron chi connectivity index (χ0n) is 13.0. The van der Waals surface area contributed by atoms with E-state index in [0.717, 1.165) is 12.5 Å². The van der Waals surface area contributed by atoms with Gasteiger partial charge in [0.2, 0.25) is 0 Å². The third-order valence-electron chi connectivity index (χ3n) is 3.72. The zero-order chi connectivity index (χ0) is 15.9. The summed E-state index contributed by atoms with van der Waals surface area (Å²) in [7, 11) is -1.61. The summed E-state index contributed by atoms with van der Waals surface area (Å²) in [6.07, 6.45) is 2.04. The molecule has 0 unspecified atom stereocenters. The average molecular weight is 314 g/mol. The van der Waals surface area contributed by atoms with E-state index in [9.17, 15) is 8.42 Å². The summed E-state index contributed by atoms with van der Waals surface area (Å²) >= 11 is 0. The molecule has 1 aromatic carbocycles. The number of hydrogen-bond donors (Lipinski definition) is 2. The van der Waals surface area contributed by atoms with Crippen molar-refractivity contribution in [1.29, 1.82) is 0 Å². The Labute approximate surface area is 128 Å². The molecule has 1 aliphatic rings. The predicted octanol–water partition coefficient (Wildman–Crippen LogP) is 1.62. The number of hydrogen-bond acceptors (Lipinski definition) is 4. The minimum atomic E-state index is -3.67. The standard InChI is InChI=1S/C14H22N2.CH4O3S/c1-12(15-2)14-8-9-16(11-14)10-13-6-4-3-5-7-13;1-5(2,3)4/h3-7,12,14-15H,8-11H2,1-2H3;1H3,(H,2,3,4)/t12-,14+;/m1./s1. The van der Waals surface area contributed by atoms with Gasteiger partial charge in [-0.15, -0.1) is 0 Å². The SMILES string of the molecule is CN[C@H](C)[C@H]1CCN(Cc2ccccc2)C1.CS(=O)(=O)O. The topological polar surface area (TPSA) is 69.6 Å². The summed E-state index contributed by atoms with van der Waals surface area (Å²) in [5.74, 6) is 0.814. The predicted molar refractivity (Wildman–Crippen MR) is 85.8 cm³/mol. The van der Waals surface area contributed by atoms with E-state index in [2.05, 4.69) is 54.5 Å². The highest BCUT2D eigenvalue weighted by Gasteiger charge is 2.25. The molecule has 1 aliphatic heterocycles. The Bertz CT molecular complexity index is 497. The van der Waals surface area contributed by atoms with Gasteiger partial charge in [0, 0.05) is 19.1 Å². The molecule has 0 bridgehead atoms. The molecular weight excluding hydrogens is 288 g/mol. The molecule has 0 radical (unpaired) electrons. The van der Waals surface area contributed by atoms with Crippen molar-refractivity contribution in [2.75, 3.05) is 26.4 Å². The third kappa shape index (κ3) is 8.16. The maximum atomic E-state index is 9.19. The zero-order valence-corrected chi connectivity index (χ0v) is 13.8. The number of likely N-dealkylation sites (tertiary alicyclic amines) is 1. The fourth-order valence-electron chi connectivity index (χ4n) is 2.49. The molecule has 2 N–H and O–H groups in total. The minimum absolute atomic E-state index is 0.640. The van der Waals surface area contributed by atoms with Crippen LogP contribution < -0.4 is 5.32 Å². The molecule has 1 aromatic rings.